The van der Waals surface area contributed by atoms with E-state index in [0.29, 0.717) is 12.2 Å². The number of rotatable bonds is 3. The third-order valence-corrected chi connectivity index (χ3v) is 4.96. The van der Waals surface area contributed by atoms with Crippen LogP contribution in [0.15, 0.2) is 22.7 Å². The fraction of sp³-hybridized carbons (Fsp3) is 0.333. The number of carbonyl (C=O) groups excluding carboxylic acids is 1. The molecule has 0 unspecified atom stereocenters. The molecule has 7 heteroatoms. The number of nitrogens with one attached hydrogen (secondary N) is 1. The molecule has 0 spiro atoms. The Morgan fingerprint density at radius 1 is 1.47 bits per heavy atom. The number of aliphatic carboxylic acids is 1. The Morgan fingerprint density at radius 3 is 2.74 bits per heavy atom. The zero-order valence-electron chi connectivity index (χ0n) is 9.78. The molecular formula is C12H11BrClNO3S. The van der Waals surface area contributed by atoms with Gasteiger partial charge >= 0.3 is 5.97 Å². The van der Waals surface area contributed by atoms with Gasteiger partial charge in [-0.15, -0.1) is 0 Å². The maximum Gasteiger partial charge on any atom is 0.330 e. The van der Waals surface area contributed by atoms with Gasteiger partial charge in [0.2, 0.25) is 0 Å². The van der Waals surface area contributed by atoms with Crippen molar-refractivity contribution in [3.05, 3.63) is 33.3 Å². The van der Waals surface area contributed by atoms with Crippen molar-refractivity contribution in [2.45, 2.75) is 12.0 Å². The summed E-state index contributed by atoms with van der Waals surface area (Å²) in [5.74, 6) is -0.357. The van der Waals surface area contributed by atoms with Crippen molar-refractivity contribution in [1.82, 2.24) is 5.32 Å². The second-order valence-corrected chi connectivity index (χ2v) is 6.70. The molecule has 0 saturated carbocycles. The number of halogens is 2. The van der Waals surface area contributed by atoms with Gasteiger partial charge in [0.25, 0.3) is 5.91 Å². The van der Waals surface area contributed by atoms with E-state index in [0.717, 1.165) is 10.2 Å². The highest BCUT2D eigenvalue weighted by atomic mass is 79.9. The number of hydrogen-bond donors (Lipinski definition) is 2. The topological polar surface area (TPSA) is 66.4 Å². The Bertz CT molecular complexity index is 532. The van der Waals surface area contributed by atoms with Crippen molar-refractivity contribution in [2.24, 2.45) is 0 Å². The molecule has 0 aliphatic carbocycles. The van der Waals surface area contributed by atoms with Gasteiger partial charge in [0, 0.05) is 10.2 Å². The molecule has 1 heterocycles. The van der Waals surface area contributed by atoms with E-state index in [1.165, 1.54) is 11.8 Å². The standard InChI is InChI=1S/C12H11BrClNO3S/c13-7-1-2-8(9(14)5-7)10(16)15-12(11(17)18)3-4-19-6-12/h1-2,5H,3-4,6H2,(H,15,16)(H,17,18)/t12-/m1/s1. The molecule has 1 atom stereocenters. The lowest BCUT2D eigenvalue weighted by molar-refractivity contribution is -0.143. The second kappa shape index (κ2) is 5.73. The van der Waals surface area contributed by atoms with Crippen molar-refractivity contribution in [3.8, 4) is 0 Å². The van der Waals surface area contributed by atoms with Gasteiger partial charge in [-0.05, 0) is 30.4 Å². The van der Waals surface area contributed by atoms with Gasteiger partial charge in [0.1, 0.15) is 5.54 Å². The van der Waals surface area contributed by atoms with Gasteiger partial charge in [-0.25, -0.2) is 4.79 Å². The molecule has 1 aromatic rings. The summed E-state index contributed by atoms with van der Waals surface area (Å²) in [6.45, 7) is 0. The van der Waals surface area contributed by atoms with E-state index in [-0.39, 0.29) is 10.6 Å². The first-order valence-electron chi connectivity index (χ1n) is 5.53. The molecule has 0 radical (unpaired) electrons. The molecule has 1 amide bonds. The lowest BCUT2D eigenvalue weighted by Crippen LogP contribution is -2.54. The van der Waals surface area contributed by atoms with Crippen molar-refractivity contribution in [1.29, 1.82) is 0 Å². The van der Waals surface area contributed by atoms with Gasteiger partial charge in [-0.3, -0.25) is 4.79 Å². The second-order valence-electron chi connectivity index (χ2n) is 4.27. The molecular weight excluding hydrogens is 354 g/mol. The summed E-state index contributed by atoms with van der Waals surface area (Å²) < 4.78 is 0.762. The average molecular weight is 365 g/mol. The Kier molecular flexibility index (Phi) is 4.43. The Morgan fingerprint density at radius 2 is 2.21 bits per heavy atom. The maximum atomic E-state index is 12.2. The van der Waals surface area contributed by atoms with Crippen molar-refractivity contribution in [2.75, 3.05) is 11.5 Å². The van der Waals surface area contributed by atoms with Crippen molar-refractivity contribution in [3.63, 3.8) is 0 Å². The number of amides is 1. The van der Waals surface area contributed by atoms with Crippen molar-refractivity contribution >= 4 is 51.2 Å². The Balaban J connectivity index is 2.22. The third-order valence-electron chi connectivity index (χ3n) is 2.96. The third kappa shape index (κ3) is 3.07. The molecule has 1 aliphatic heterocycles. The van der Waals surface area contributed by atoms with Gasteiger partial charge in [0.15, 0.2) is 0 Å². The number of hydrogen-bond acceptors (Lipinski definition) is 3. The fourth-order valence-corrected chi connectivity index (χ4v) is 3.93. The molecule has 4 nitrogen and oxygen atoms in total. The molecule has 1 fully saturated rings. The summed E-state index contributed by atoms with van der Waals surface area (Å²) in [6, 6.07) is 4.87. The number of carboxylic acid groups (broad SMARTS) is 1. The smallest absolute Gasteiger partial charge is 0.330 e. The molecule has 1 saturated heterocycles. The van der Waals surface area contributed by atoms with E-state index >= 15 is 0 Å². The number of thioether (sulfide) groups is 1. The lowest BCUT2D eigenvalue weighted by atomic mass is 9.98. The Labute approximate surface area is 128 Å². The lowest BCUT2D eigenvalue weighted by Gasteiger charge is -2.24. The zero-order chi connectivity index (χ0) is 14.0. The van der Waals surface area contributed by atoms with Crippen LogP contribution in [0.25, 0.3) is 0 Å². The summed E-state index contributed by atoms with van der Waals surface area (Å²) in [6.07, 6.45) is 0.423. The van der Waals surface area contributed by atoms with Gasteiger partial charge in [-0.1, -0.05) is 27.5 Å². The minimum absolute atomic E-state index is 0.280. The van der Waals surface area contributed by atoms with Crippen LogP contribution in [-0.2, 0) is 4.79 Å². The monoisotopic (exact) mass is 363 g/mol. The largest absolute Gasteiger partial charge is 0.479 e. The van der Waals surface area contributed by atoms with Gasteiger partial charge < -0.3 is 10.4 Å². The summed E-state index contributed by atoms with van der Waals surface area (Å²) in [5.41, 5.74) is -0.902. The fourth-order valence-electron chi connectivity index (χ4n) is 1.84. The van der Waals surface area contributed by atoms with E-state index in [1.807, 2.05) is 0 Å². The molecule has 102 valence electrons. The molecule has 0 aromatic heterocycles. The van der Waals surface area contributed by atoms with E-state index < -0.39 is 17.4 Å². The summed E-state index contributed by atoms with van der Waals surface area (Å²) in [5, 5.41) is 12.2. The van der Waals surface area contributed by atoms with Gasteiger partial charge in [0.05, 0.1) is 10.6 Å². The van der Waals surface area contributed by atoms with E-state index in [9.17, 15) is 14.7 Å². The van der Waals surface area contributed by atoms with Crippen LogP contribution in [0.5, 0.6) is 0 Å². The van der Waals surface area contributed by atoms with Crippen LogP contribution >= 0.6 is 39.3 Å². The van der Waals surface area contributed by atoms with E-state index in [1.54, 1.807) is 18.2 Å². The average Bonchev–Trinajstić information content (AvgIpc) is 2.78. The van der Waals surface area contributed by atoms with Gasteiger partial charge in [-0.2, -0.15) is 11.8 Å². The molecule has 1 aromatic carbocycles. The molecule has 0 bridgehead atoms. The molecule has 2 N–H and O–H groups in total. The highest BCUT2D eigenvalue weighted by Gasteiger charge is 2.43. The first-order valence-corrected chi connectivity index (χ1v) is 7.86. The first-order chi connectivity index (χ1) is 8.94. The van der Waals surface area contributed by atoms with Crippen LogP contribution in [-0.4, -0.2) is 34.0 Å². The molecule has 1 aliphatic rings. The molecule has 2 rings (SSSR count). The number of carbonyl (C=O) groups is 2. The Hall–Kier alpha value is -0.720. The minimum Gasteiger partial charge on any atom is -0.479 e. The van der Waals surface area contributed by atoms with Crippen LogP contribution in [0.3, 0.4) is 0 Å². The highest BCUT2D eigenvalue weighted by molar-refractivity contribution is 9.10. The summed E-state index contributed by atoms with van der Waals surface area (Å²) in [4.78, 5) is 23.5. The predicted octanol–water partition coefficient (Wildman–Crippen LogP) is 2.79. The normalized spacial score (nSPS) is 22.2. The quantitative estimate of drug-likeness (QED) is 0.865. The highest BCUT2D eigenvalue weighted by Crippen LogP contribution is 2.29. The van der Waals surface area contributed by atoms with Crippen LogP contribution in [0.4, 0.5) is 0 Å². The maximum absolute atomic E-state index is 12.2. The van der Waals surface area contributed by atoms with Crippen molar-refractivity contribution < 1.29 is 14.7 Å². The summed E-state index contributed by atoms with van der Waals surface area (Å²) >= 11 is 10.8. The summed E-state index contributed by atoms with van der Waals surface area (Å²) in [7, 11) is 0. The van der Waals surface area contributed by atoms with Crippen LogP contribution < -0.4 is 5.32 Å². The van der Waals surface area contributed by atoms with E-state index in [4.69, 9.17) is 11.6 Å². The van der Waals surface area contributed by atoms with Crippen LogP contribution in [0, 0.1) is 0 Å². The number of carboxylic acids is 1. The SMILES string of the molecule is O=C(N[C@]1(C(=O)O)CCSC1)c1ccc(Br)cc1Cl. The minimum atomic E-state index is -1.18. The van der Waals surface area contributed by atoms with Crippen LogP contribution in [0.2, 0.25) is 5.02 Å². The molecule has 19 heavy (non-hydrogen) atoms. The van der Waals surface area contributed by atoms with Crippen LogP contribution in [0.1, 0.15) is 16.8 Å². The predicted molar refractivity (Wildman–Crippen MR) is 78.9 cm³/mol. The first kappa shape index (κ1) is 14.7. The van der Waals surface area contributed by atoms with E-state index in [2.05, 4.69) is 21.2 Å². The zero-order valence-corrected chi connectivity index (χ0v) is 12.9. The number of benzene rings is 1.